The van der Waals surface area contributed by atoms with E-state index in [1.807, 2.05) is 0 Å². The Labute approximate surface area is 134 Å². The first-order valence-corrected chi connectivity index (χ1v) is 9.61. The summed E-state index contributed by atoms with van der Waals surface area (Å²) >= 11 is 0. The van der Waals surface area contributed by atoms with E-state index in [0.717, 1.165) is 36.5 Å². The third kappa shape index (κ3) is 2.04. The molecule has 0 N–H and O–H groups in total. The first-order chi connectivity index (χ1) is 10.6. The third-order valence-corrected chi connectivity index (χ3v) is 8.63. The van der Waals surface area contributed by atoms with Crippen molar-refractivity contribution in [3.05, 3.63) is 10.4 Å². The second-order valence-corrected chi connectivity index (χ2v) is 9.37. The van der Waals surface area contributed by atoms with Crippen LogP contribution in [0.2, 0.25) is 0 Å². The van der Waals surface area contributed by atoms with Crippen LogP contribution in [0.5, 0.6) is 0 Å². The Balaban J connectivity index is 1.58. The van der Waals surface area contributed by atoms with Gasteiger partial charge in [-0.25, -0.2) is 0 Å². The summed E-state index contributed by atoms with van der Waals surface area (Å²) in [6, 6.07) is 0.278. The van der Waals surface area contributed by atoms with E-state index < -0.39 is 0 Å². The van der Waals surface area contributed by atoms with Gasteiger partial charge in [-0.1, -0.05) is 25.4 Å². The minimum atomic E-state index is 0.278. The molecule has 4 aliphatic rings. The molecule has 4 aliphatic carbocycles. The molecule has 0 radical (unpaired) electrons. The predicted molar refractivity (Wildman–Crippen MR) is 89.3 cm³/mol. The monoisotopic (exact) mass is 301 g/mol. The summed E-state index contributed by atoms with van der Waals surface area (Å²) in [6.07, 6.45) is 13.8. The van der Waals surface area contributed by atoms with Crippen molar-refractivity contribution in [1.82, 2.24) is 0 Å². The van der Waals surface area contributed by atoms with Crippen molar-refractivity contribution in [2.45, 2.75) is 84.1 Å². The van der Waals surface area contributed by atoms with Crippen LogP contribution in [0, 0.1) is 34.5 Å². The summed E-state index contributed by atoms with van der Waals surface area (Å²) < 4.78 is 0. The van der Waals surface area contributed by atoms with Gasteiger partial charge in [0.15, 0.2) is 0 Å². The second-order valence-electron chi connectivity index (χ2n) is 9.37. The summed E-state index contributed by atoms with van der Waals surface area (Å²) in [5.74, 6) is 3.77. The molecule has 0 heterocycles. The molecule has 0 amide bonds. The zero-order valence-corrected chi connectivity index (χ0v) is 14.3. The van der Waals surface area contributed by atoms with E-state index in [1.54, 1.807) is 0 Å². The Morgan fingerprint density at radius 3 is 2.64 bits per heavy atom. The van der Waals surface area contributed by atoms with Crippen molar-refractivity contribution in [2.75, 3.05) is 0 Å². The summed E-state index contributed by atoms with van der Waals surface area (Å²) in [5, 5.41) is 4.05. The molecular weight excluding hydrogens is 270 g/mol. The minimum absolute atomic E-state index is 0.278. The Kier molecular flexibility index (Phi) is 3.49. The lowest BCUT2D eigenvalue weighted by molar-refractivity contribution is -0.105. The molecule has 4 fully saturated rings. The van der Waals surface area contributed by atoms with Crippen LogP contribution in [-0.2, 0) is 0 Å². The van der Waals surface area contributed by atoms with Gasteiger partial charge in [0.1, 0.15) is 0 Å². The highest BCUT2D eigenvalue weighted by Gasteiger charge is 2.57. The number of nitrogens with zero attached hydrogens (tertiary/aromatic N) is 3. The molecule has 7 atom stereocenters. The van der Waals surface area contributed by atoms with Gasteiger partial charge in [0, 0.05) is 11.0 Å². The molecule has 3 nitrogen and oxygen atoms in total. The van der Waals surface area contributed by atoms with Crippen LogP contribution < -0.4 is 0 Å². The molecule has 0 saturated heterocycles. The molecule has 0 aromatic rings. The van der Waals surface area contributed by atoms with E-state index in [1.165, 1.54) is 51.4 Å². The number of rotatable bonds is 1. The van der Waals surface area contributed by atoms with E-state index in [9.17, 15) is 0 Å². The quantitative estimate of drug-likeness (QED) is 0.319. The second kappa shape index (κ2) is 5.16. The van der Waals surface area contributed by atoms with E-state index in [2.05, 4.69) is 23.9 Å². The topological polar surface area (TPSA) is 48.8 Å². The fraction of sp³-hybridized carbons (Fsp3) is 1.00. The fourth-order valence-corrected chi connectivity index (χ4v) is 7.41. The van der Waals surface area contributed by atoms with E-state index >= 15 is 0 Å². The van der Waals surface area contributed by atoms with Crippen molar-refractivity contribution in [3.63, 3.8) is 0 Å². The van der Waals surface area contributed by atoms with Crippen molar-refractivity contribution in [1.29, 1.82) is 0 Å². The average Bonchev–Trinajstić information content (AvgIpc) is 2.89. The van der Waals surface area contributed by atoms with Crippen LogP contribution in [0.25, 0.3) is 10.4 Å². The molecule has 22 heavy (non-hydrogen) atoms. The summed E-state index contributed by atoms with van der Waals surface area (Å²) in [4.78, 5) is 3.08. The number of hydrogen-bond donors (Lipinski definition) is 0. The maximum atomic E-state index is 8.76. The maximum Gasteiger partial charge on any atom is 0.0377 e. The van der Waals surface area contributed by atoms with E-state index in [-0.39, 0.29) is 6.04 Å². The van der Waals surface area contributed by atoms with Crippen LogP contribution >= 0.6 is 0 Å². The summed E-state index contributed by atoms with van der Waals surface area (Å²) in [6.45, 7) is 5.19. The first kappa shape index (κ1) is 14.9. The van der Waals surface area contributed by atoms with Crippen LogP contribution in [0.1, 0.15) is 78.1 Å². The molecule has 4 rings (SSSR count). The lowest BCUT2D eigenvalue weighted by Crippen LogP contribution is -2.53. The highest BCUT2D eigenvalue weighted by molar-refractivity contribution is 5.07. The number of hydrogen-bond acceptors (Lipinski definition) is 1. The Morgan fingerprint density at radius 1 is 0.955 bits per heavy atom. The molecule has 0 spiro atoms. The van der Waals surface area contributed by atoms with E-state index in [4.69, 9.17) is 5.53 Å². The number of azide groups is 1. The maximum absolute atomic E-state index is 8.76. The lowest BCUT2D eigenvalue weighted by Gasteiger charge is -2.60. The van der Waals surface area contributed by atoms with Gasteiger partial charge in [0.2, 0.25) is 0 Å². The van der Waals surface area contributed by atoms with Gasteiger partial charge < -0.3 is 0 Å². The molecule has 0 aliphatic heterocycles. The summed E-state index contributed by atoms with van der Waals surface area (Å²) in [7, 11) is 0. The molecule has 0 aromatic heterocycles. The molecule has 0 aromatic carbocycles. The molecule has 0 unspecified atom stereocenters. The largest absolute Gasteiger partial charge is 0.0906 e. The first-order valence-electron chi connectivity index (χ1n) is 9.61. The molecule has 122 valence electrons. The van der Waals surface area contributed by atoms with Crippen LogP contribution in [0.3, 0.4) is 0 Å². The van der Waals surface area contributed by atoms with E-state index in [0.29, 0.717) is 10.8 Å². The predicted octanol–water partition coefficient (Wildman–Crippen LogP) is 6.10. The average molecular weight is 301 g/mol. The Morgan fingerprint density at radius 2 is 1.82 bits per heavy atom. The summed E-state index contributed by atoms with van der Waals surface area (Å²) in [5.41, 5.74) is 9.96. The highest BCUT2D eigenvalue weighted by Crippen LogP contribution is 2.66. The van der Waals surface area contributed by atoms with Gasteiger partial charge in [0.05, 0.1) is 0 Å². The van der Waals surface area contributed by atoms with Gasteiger partial charge in [-0.3, -0.25) is 0 Å². The van der Waals surface area contributed by atoms with Gasteiger partial charge >= 0.3 is 0 Å². The standard InChI is InChI=1S/C19H31N3/c1-18-9-3-4-16(18)15-6-5-13-12-14(21-22-20)7-11-19(13,2)17(15)8-10-18/h13-17H,3-12H2,1-2H3/t13-,14+,15-,16-,17-,18-,19-/m0/s1. The van der Waals surface area contributed by atoms with Gasteiger partial charge in [-0.05, 0) is 97.8 Å². The lowest BCUT2D eigenvalue weighted by atomic mass is 9.45. The van der Waals surface area contributed by atoms with Crippen molar-refractivity contribution in [3.8, 4) is 0 Å². The van der Waals surface area contributed by atoms with Crippen LogP contribution in [0.15, 0.2) is 5.11 Å². The molecule has 3 heteroatoms. The minimum Gasteiger partial charge on any atom is -0.0906 e. The zero-order chi connectivity index (χ0) is 15.4. The van der Waals surface area contributed by atoms with Gasteiger partial charge in [-0.2, -0.15) is 0 Å². The third-order valence-electron chi connectivity index (χ3n) is 8.63. The van der Waals surface area contributed by atoms with Crippen molar-refractivity contribution < 1.29 is 0 Å². The van der Waals surface area contributed by atoms with Crippen molar-refractivity contribution >= 4 is 0 Å². The van der Waals surface area contributed by atoms with Gasteiger partial charge in [-0.15, -0.1) is 0 Å². The van der Waals surface area contributed by atoms with Gasteiger partial charge in [0.25, 0.3) is 0 Å². The van der Waals surface area contributed by atoms with Crippen molar-refractivity contribution in [2.24, 2.45) is 39.6 Å². The number of fused-ring (bicyclic) bond motifs is 5. The fourth-order valence-electron chi connectivity index (χ4n) is 7.41. The SMILES string of the molecule is C[C@@]12CCC[C@H]1[C@@H]1CC[C@H]3C[C@H](N=[N+]=[N-])CC[C@]3(C)[C@H]1CC2. The van der Waals surface area contributed by atoms with Crippen LogP contribution in [-0.4, -0.2) is 6.04 Å². The molecule has 4 saturated carbocycles. The Hall–Kier alpha value is -0.690. The van der Waals surface area contributed by atoms with Crippen LogP contribution in [0.4, 0.5) is 0 Å². The normalized spacial score (nSPS) is 53.8. The molecule has 0 bridgehead atoms. The Bertz CT molecular complexity index is 497. The molecular formula is C19H31N3. The highest BCUT2D eigenvalue weighted by atomic mass is 15.1. The zero-order valence-electron chi connectivity index (χ0n) is 14.3. The smallest absolute Gasteiger partial charge is 0.0377 e.